The maximum absolute atomic E-state index is 4.82. The summed E-state index contributed by atoms with van der Waals surface area (Å²) in [6.45, 7) is 2.15. The molecule has 0 atom stereocenters. The number of para-hydroxylation sites is 1. The molecule has 1 aliphatic carbocycles. The molecule has 0 fully saturated rings. The second-order valence-electron chi connectivity index (χ2n) is 5.87. The topological polar surface area (TPSA) is 28.2 Å². The van der Waals surface area contributed by atoms with Crippen LogP contribution >= 0.6 is 12.4 Å². The van der Waals surface area contributed by atoms with Gasteiger partial charge in [0.1, 0.15) is 0 Å². The van der Waals surface area contributed by atoms with Crippen molar-refractivity contribution in [2.75, 3.05) is 32.5 Å². The molecule has 1 aliphatic rings. The zero-order chi connectivity index (χ0) is 13.9. The lowest BCUT2D eigenvalue weighted by Gasteiger charge is -2.15. The highest BCUT2D eigenvalue weighted by Gasteiger charge is 2.18. The molecule has 0 radical (unpaired) electrons. The smallest absolute Gasteiger partial charge is 0.0726 e. The molecule has 0 saturated carbocycles. The first-order valence-electron chi connectivity index (χ1n) is 7.55. The summed E-state index contributed by atoms with van der Waals surface area (Å²) in [5.41, 5.74) is 5.22. The molecule has 3 rings (SSSR count). The van der Waals surface area contributed by atoms with Crippen LogP contribution in [0.5, 0.6) is 0 Å². The van der Waals surface area contributed by atoms with E-state index < -0.39 is 0 Å². The maximum atomic E-state index is 4.82. The first-order chi connectivity index (χ1) is 9.75. The second kappa shape index (κ2) is 7.10. The van der Waals surface area contributed by atoms with Crippen LogP contribution in [0.25, 0.3) is 10.9 Å². The summed E-state index contributed by atoms with van der Waals surface area (Å²) in [4.78, 5) is 7.06. The molecule has 1 N–H and O–H groups in total. The van der Waals surface area contributed by atoms with Gasteiger partial charge in [0.2, 0.25) is 0 Å². The Labute approximate surface area is 133 Å². The zero-order valence-electron chi connectivity index (χ0n) is 12.9. The Hall–Kier alpha value is -1.32. The number of nitrogens with zero attached hydrogens (tertiary/aromatic N) is 2. The lowest BCUT2D eigenvalue weighted by Crippen LogP contribution is -2.17. The Morgan fingerprint density at radius 2 is 2.00 bits per heavy atom. The van der Waals surface area contributed by atoms with Gasteiger partial charge in [0.15, 0.2) is 0 Å². The van der Waals surface area contributed by atoms with E-state index in [2.05, 4.69) is 48.6 Å². The third-order valence-electron chi connectivity index (χ3n) is 4.00. The van der Waals surface area contributed by atoms with Crippen molar-refractivity contribution in [1.29, 1.82) is 0 Å². The van der Waals surface area contributed by atoms with E-state index in [0.29, 0.717) is 0 Å². The molecular formula is C17H24ClN3. The SMILES string of the molecule is CN(C)CCCNc1c2c(nc3ccccc13)CCC2.Cl. The van der Waals surface area contributed by atoms with Crippen LogP contribution in [0.3, 0.4) is 0 Å². The molecule has 0 bridgehead atoms. The average molecular weight is 306 g/mol. The van der Waals surface area contributed by atoms with Gasteiger partial charge in [-0.1, -0.05) is 18.2 Å². The van der Waals surface area contributed by atoms with E-state index in [1.807, 2.05) is 0 Å². The number of aromatic nitrogens is 1. The highest BCUT2D eigenvalue weighted by atomic mass is 35.5. The van der Waals surface area contributed by atoms with Gasteiger partial charge in [0.25, 0.3) is 0 Å². The molecule has 3 nitrogen and oxygen atoms in total. The normalized spacial score (nSPS) is 13.3. The minimum atomic E-state index is 0. The van der Waals surface area contributed by atoms with Gasteiger partial charge in [-0.3, -0.25) is 4.98 Å². The van der Waals surface area contributed by atoms with E-state index >= 15 is 0 Å². The number of pyridine rings is 1. The Balaban J connectivity index is 0.00000161. The molecule has 1 aromatic heterocycles. The first-order valence-corrected chi connectivity index (χ1v) is 7.55. The molecule has 0 unspecified atom stereocenters. The fourth-order valence-corrected chi connectivity index (χ4v) is 3.02. The first kappa shape index (κ1) is 16.1. The number of benzene rings is 1. The quantitative estimate of drug-likeness (QED) is 0.857. The molecule has 21 heavy (non-hydrogen) atoms. The predicted octanol–water partition coefficient (Wildman–Crippen LogP) is 3.51. The van der Waals surface area contributed by atoms with Crippen molar-refractivity contribution in [3.8, 4) is 0 Å². The Kier molecular flexibility index (Phi) is 5.43. The summed E-state index contributed by atoms with van der Waals surface area (Å²) in [7, 11) is 4.25. The van der Waals surface area contributed by atoms with Crippen molar-refractivity contribution >= 4 is 29.0 Å². The van der Waals surface area contributed by atoms with Gasteiger partial charge in [0, 0.05) is 23.3 Å². The van der Waals surface area contributed by atoms with Crippen LogP contribution in [0.15, 0.2) is 24.3 Å². The minimum absolute atomic E-state index is 0. The van der Waals surface area contributed by atoms with Gasteiger partial charge in [-0.2, -0.15) is 0 Å². The molecule has 114 valence electrons. The van der Waals surface area contributed by atoms with Crippen molar-refractivity contribution in [2.45, 2.75) is 25.7 Å². The number of rotatable bonds is 5. The third kappa shape index (κ3) is 3.47. The fourth-order valence-electron chi connectivity index (χ4n) is 3.02. The van der Waals surface area contributed by atoms with Gasteiger partial charge in [-0.15, -0.1) is 12.4 Å². The van der Waals surface area contributed by atoms with Crippen LogP contribution < -0.4 is 5.32 Å². The molecular weight excluding hydrogens is 282 g/mol. The standard InChI is InChI=1S/C17H23N3.ClH/c1-20(2)12-6-11-18-17-13-7-3-4-9-15(13)19-16-10-5-8-14(16)17;/h3-4,7,9H,5-6,8,10-12H2,1-2H3,(H,18,19);1H. The molecule has 0 amide bonds. The van der Waals surface area contributed by atoms with E-state index in [4.69, 9.17) is 4.98 Å². The number of fused-ring (bicyclic) bond motifs is 2. The Bertz CT molecular complexity index is 610. The lowest BCUT2D eigenvalue weighted by molar-refractivity contribution is 0.405. The van der Waals surface area contributed by atoms with Crippen molar-refractivity contribution in [1.82, 2.24) is 9.88 Å². The third-order valence-corrected chi connectivity index (χ3v) is 4.00. The van der Waals surface area contributed by atoms with Crippen molar-refractivity contribution < 1.29 is 0 Å². The van der Waals surface area contributed by atoms with Crippen LogP contribution in [0, 0.1) is 0 Å². The molecule has 0 aliphatic heterocycles. The maximum Gasteiger partial charge on any atom is 0.0726 e. The molecule has 1 aromatic carbocycles. The van der Waals surface area contributed by atoms with Crippen LogP contribution in [0.4, 0.5) is 5.69 Å². The van der Waals surface area contributed by atoms with E-state index in [9.17, 15) is 0 Å². The highest BCUT2D eigenvalue weighted by Crippen LogP contribution is 2.33. The van der Waals surface area contributed by atoms with E-state index in [1.54, 1.807) is 0 Å². The van der Waals surface area contributed by atoms with E-state index in [-0.39, 0.29) is 12.4 Å². The predicted molar refractivity (Wildman–Crippen MR) is 92.7 cm³/mol. The summed E-state index contributed by atoms with van der Waals surface area (Å²) in [5, 5.41) is 4.95. The number of hydrogen-bond donors (Lipinski definition) is 1. The van der Waals surface area contributed by atoms with E-state index in [1.165, 1.54) is 41.6 Å². The molecule has 2 aromatic rings. The van der Waals surface area contributed by atoms with E-state index in [0.717, 1.165) is 25.0 Å². The van der Waals surface area contributed by atoms with Gasteiger partial charge < -0.3 is 10.2 Å². The lowest BCUT2D eigenvalue weighted by atomic mass is 10.1. The molecule has 0 spiro atoms. The minimum Gasteiger partial charge on any atom is -0.384 e. The van der Waals surface area contributed by atoms with Crippen molar-refractivity contribution in [2.24, 2.45) is 0 Å². The molecule has 1 heterocycles. The van der Waals surface area contributed by atoms with Crippen LogP contribution in [0.1, 0.15) is 24.1 Å². The largest absolute Gasteiger partial charge is 0.384 e. The number of anilines is 1. The van der Waals surface area contributed by atoms with Gasteiger partial charge in [-0.05, 0) is 58.0 Å². The summed E-state index contributed by atoms with van der Waals surface area (Å²) < 4.78 is 0. The molecule has 0 saturated heterocycles. The summed E-state index contributed by atoms with van der Waals surface area (Å²) in [6, 6.07) is 8.50. The average Bonchev–Trinajstić information content (AvgIpc) is 2.90. The molecule has 4 heteroatoms. The monoisotopic (exact) mass is 305 g/mol. The Morgan fingerprint density at radius 1 is 1.19 bits per heavy atom. The number of halogens is 1. The van der Waals surface area contributed by atoms with Crippen LogP contribution in [0.2, 0.25) is 0 Å². The second-order valence-corrected chi connectivity index (χ2v) is 5.87. The van der Waals surface area contributed by atoms with Gasteiger partial charge in [-0.25, -0.2) is 0 Å². The highest BCUT2D eigenvalue weighted by molar-refractivity contribution is 5.93. The number of hydrogen-bond acceptors (Lipinski definition) is 3. The van der Waals surface area contributed by atoms with Crippen LogP contribution in [-0.4, -0.2) is 37.1 Å². The Morgan fingerprint density at radius 3 is 2.81 bits per heavy atom. The summed E-state index contributed by atoms with van der Waals surface area (Å²) in [5.74, 6) is 0. The fraction of sp³-hybridized carbons (Fsp3) is 0.471. The van der Waals surface area contributed by atoms with Gasteiger partial charge in [0.05, 0.1) is 5.52 Å². The number of nitrogens with one attached hydrogen (secondary N) is 1. The van der Waals surface area contributed by atoms with Crippen LogP contribution in [-0.2, 0) is 12.8 Å². The van der Waals surface area contributed by atoms with Crippen molar-refractivity contribution in [3.63, 3.8) is 0 Å². The zero-order valence-corrected chi connectivity index (χ0v) is 13.7. The summed E-state index contributed by atoms with van der Waals surface area (Å²) >= 11 is 0. The summed E-state index contributed by atoms with van der Waals surface area (Å²) in [6.07, 6.45) is 4.71. The van der Waals surface area contributed by atoms with Crippen molar-refractivity contribution in [3.05, 3.63) is 35.5 Å². The van der Waals surface area contributed by atoms with Gasteiger partial charge >= 0.3 is 0 Å². The number of aryl methyl sites for hydroxylation is 1.